The molecule has 5 heteroatoms. The van der Waals surface area contributed by atoms with Gasteiger partial charge in [0.25, 0.3) is 0 Å². The van der Waals surface area contributed by atoms with Crippen LogP contribution in [0.1, 0.15) is 12.0 Å². The Morgan fingerprint density at radius 3 is 2.50 bits per heavy atom. The Hall–Kier alpha value is -0.130. The Morgan fingerprint density at radius 1 is 1.25 bits per heavy atom. The van der Waals surface area contributed by atoms with Crippen molar-refractivity contribution in [3.05, 3.63) is 48.0 Å². The van der Waals surface area contributed by atoms with Crippen LogP contribution in [0.5, 0.6) is 0 Å². The second-order valence-corrected chi connectivity index (χ2v) is 10.3. The SMILES string of the molecule is O=C(O)C1(Br)C2(Cc3ccccc3)C=CC(C2)C1(Br)Br. The lowest BCUT2D eigenvalue weighted by Crippen LogP contribution is -2.56. The lowest BCUT2D eigenvalue weighted by Gasteiger charge is -2.43. The van der Waals surface area contributed by atoms with Gasteiger partial charge in [-0.1, -0.05) is 90.3 Å². The largest absolute Gasteiger partial charge is 0.480 e. The highest BCUT2D eigenvalue weighted by atomic mass is 79.9. The molecule has 1 aromatic rings. The standard InChI is InChI=1S/C15H13Br3O2/c16-14(12(19)20)13(8-10-4-2-1-3-5-10)7-6-11(9-13)15(14,17)18/h1-7,11H,8-9H2,(H,19,20). The first-order valence-electron chi connectivity index (χ1n) is 6.37. The number of carboxylic acid groups (broad SMARTS) is 1. The normalized spacial score (nSPS) is 37.2. The first-order chi connectivity index (χ1) is 9.33. The minimum absolute atomic E-state index is 0.154. The van der Waals surface area contributed by atoms with Crippen LogP contribution < -0.4 is 0 Å². The topological polar surface area (TPSA) is 37.3 Å². The highest BCUT2D eigenvalue weighted by molar-refractivity contribution is 9.26. The molecule has 3 rings (SSSR count). The highest BCUT2D eigenvalue weighted by Crippen LogP contribution is 2.71. The zero-order valence-corrected chi connectivity index (χ0v) is 15.3. The number of halogens is 3. The number of aliphatic carboxylic acids is 1. The van der Waals surface area contributed by atoms with Gasteiger partial charge in [0.15, 0.2) is 4.32 Å². The maximum atomic E-state index is 12.0. The minimum Gasteiger partial charge on any atom is -0.480 e. The van der Waals surface area contributed by atoms with Crippen molar-refractivity contribution in [3.63, 3.8) is 0 Å². The predicted molar refractivity (Wildman–Crippen MR) is 89.7 cm³/mol. The fourth-order valence-corrected chi connectivity index (χ4v) is 5.98. The van der Waals surface area contributed by atoms with E-state index in [0.717, 1.165) is 12.0 Å². The number of fused-ring (bicyclic) bond motifs is 2. The van der Waals surface area contributed by atoms with Gasteiger partial charge in [0.1, 0.15) is 3.23 Å². The summed E-state index contributed by atoms with van der Waals surface area (Å²) in [4.78, 5) is 12.0. The summed E-state index contributed by atoms with van der Waals surface area (Å²) < 4.78 is -1.73. The molecule has 0 aromatic heterocycles. The molecule has 0 radical (unpaired) electrons. The molecule has 0 heterocycles. The van der Waals surface area contributed by atoms with Gasteiger partial charge < -0.3 is 5.11 Å². The molecule has 0 amide bonds. The maximum absolute atomic E-state index is 12.0. The van der Waals surface area contributed by atoms with Gasteiger partial charge in [-0.3, -0.25) is 4.79 Å². The third-order valence-electron chi connectivity index (χ3n) is 4.50. The van der Waals surface area contributed by atoms with Crippen molar-refractivity contribution in [1.82, 2.24) is 0 Å². The van der Waals surface area contributed by atoms with E-state index in [9.17, 15) is 9.90 Å². The molecule has 1 fully saturated rings. The fourth-order valence-electron chi connectivity index (χ4n) is 3.49. The van der Waals surface area contributed by atoms with Crippen molar-refractivity contribution in [2.24, 2.45) is 11.3 Å². The number of benzene rings is 1. The Morgan fingerprint density at radius 2 is 1.90 bits per heavy atom. The number of carbonyl (C=O) groups is 1. The lowest BCUT2D eigenvalue weighted by atomic mass is 9.73. The highest BCUT2D eigenvalue weighted by Gasteiger charge is 2.74. The summed E-state index contributed by atoms with van der Waals surface area (Å²) in [5.41, 5.74) is 0.721. The van der Waals surface area contributed by atoms with Crippen LogP contribution >= 0.6 is 47.8 Å². The third-order valence-corrected chi connectivity index (χ3v) is 9.68. The molecule has 2 aliphatic rings. The summed E-state index contributed by atoms with van der Waals surface area (Å²) in [6.07, 6.45) is 5.72. The van der Waals surface area contributed by atoms with E-state index in [1.165, 1.54) is 0 Å². The first kappa shape index (κ1) is 14.8. The average Bonchev–Trinajstić information content (AvgIpc) is 2.89. The van der Waals surface area contributed by atoms with Gasteiger partial charge in [-0.15, -0.1) is 0 Å². The Balaban J connectivity index is 2.08. The van der Waals surface area contributed by atoms with Gasteiger partial charge in [0, 0.05) is 11.3 Å². The monoisotopic (exact) mass is 462 g/mol. The number of hydrogen-bond acceptors (Lipinski definition) is 1. The second-order valence-electron chi connectivity index (χ2n) is 5.57. The van der Waals surface area contributed by atoms with Gasteiger partial charge in [-0.25, -0.2) is 0 Å². The zero-order chi connectivity index (χ0) is 14.6. The smallest absolute Gasteiger partial charge is 0.323 e. The van der Waals surface area contributed by atoms with Crippen LogP contribution in [-0.4, -0.2) is 18.6 Å². The number of allylic oxidation sites excluding steroid dienone is 2. The molecule has 106 valence electrons. The average molecular weight is 465 g/mol. The molecule has 2 aliphatic carbocycles. The Labute approximate surface area is 143 Å². The van der Waals surface area contributed by atoms with Crippen LogP contribution in [0.4, 0.5) is 0 Å². The molecular formula is C15H13Br3O2. The Bertz CT molecular complexity index is 584. The van der Waals surface area contributed by atoms with Crippen LogP contribution in [-0.2, 0) is 11.2 Å². The van der Waals surface area contributed by atoms with Crippen LogP contribution in [0, 0.1) is 11.3 Å². The third kappa shape index (κ3) is 1.75. The van der Waals surface area contributed by atoms with E-state index in [1.54, 1.807) is 0 Å². The van der Waals surface area contributed by atoms with Gasteiger partial charge in [0.05, 0.1) is 0 Å². The van der Waals surface area contributed by atoms with Crippen molar-refractivity contribution >= 4 is 53.8 Å². The minimum atomic E-state index is -1.07. The summed E-state index contributed by atoms with van der Waals surface area (Å²) in [5, 5.41) is 9.83. The van der Waals surface area contributed by atoms with Crippen molar-refractivity contribution in [1.29, 1.82) is 0 Å². The van der Waals surface area contributed by atoms with Crippen molar-refractivity contribution < 1.29 is 9.90 Å². The van der Waals surface area contributed by atoms with Gasteiger partial charge >= 0.3 is 5.97 Å². The van der Waals surface area contributed by atoms with E-state index in [4.69, 9.17) is 0 Å². The molecule has 2 bridgehead atoms. The van der Waals surface area contributed by atoms with Crippen molar-refractivity contribution in [3.8, 4) is 0 Å². The van der Waals surface area contributed by atoms with E-state index >= 15 is 0 Å². The summed E-state index contributed by atoms with van der Waals surface area (Å²) in [6, 6.07) is 10.1. The van der Waals surface area contributed by atoms with Crippen LogP contribution in [0.25, 0.3) is 0 Å². The zero-order valence-electron chi connectivity index (χ0n) is 10.5. The molecule has 3 unspecified atom stereocenters. The summed E-state index contributed by atoms with van der Waals surface area (Å²) in [6.45, 7) is 0. The first-order valence-corrected chi connectivity index (χ1v) is 8.75. The molecule has 1 aromatic carbocycles. The van der Waals surface area contributed by atoms with Crippen LogP contribution in [0.3, 0.4) is 0 Å². The summed E-state index contributed by atoms with van der Waals surface area (Å²) in [5.74, 6) is -0.685. The predicted octanol–water partition coefficient (Wildman–Crippen LogP) is 4.51. The number of alkyl halides is 3. The molecule has 1 N–H and O–H groups in total. The van der Waals surface area contributed by atoms with Gasteiger partial charge in [0.2, 0.25) is 0 Å². The molecule has 0 saturated heterocycles. The van der Waals surface area contributed by atoms with E-state index in [2.05, 4.69) is 59.9 Å². The maximum Gasteiger partial charge on any atom is 0.323 e. The summed E-state index contributed by atoms with van der Waals surface area (Å²) >= 11 is 10.8. The molecule has 0 spiro atoms. The van der Waals surface area contributed by atoms with E-state index in [0.29, 0.717) is 6.42 Å². The van der Waals surface area contributed by atoms with Crippen LogP contribution in [0.15, 0.2) is 42.5 Å². The van der Waals surface area contributed by atoms with E-state index in [-0.39, 0.29) is 5.92 Å². The lowest BCUT2D eigenvalue weighted by molar-refractivity contribution is -0.141. The quantitative estimate of drug-likeness (QED) is 0.528. The molecule has 2 nitrogen and oxygen atoms in total. The molecular weight excluding hydrogens is 452 g/mol. The molecule has 20 heavy (non-hydrogen) atoms. The fraction of sp³-hybridized carbons (Fsp3) is 0.400. The molecule has 0 aliphatic heterocycles. The van der Waals surface area contributed by atoms with E-state index in [1.807, 2.05) is 30.3 Å². The second kappa shape index (κ2) is 4.68. The number of carboxylic acids is 1. The molecule has 1 saturated carbocycles. The van der Waals surface area contributed by atoms with Crippen molar-refractivity contribution in [2.45, 2.75) is 20.4 Å². The van der Waals surface area contributed by atoms with E-state index < -0.39 is 18.9 Å². The van der Waals surface area contributed by atoms with Crippen LogP contribution in [0.2, 0.25) is 0 Å². The summed E-state index contributed by atoms with van der Waals surface area (Å²) in [7, 11) is 0. The number of rotatable bonds is 3. The van der Waals surface area contributed by atoms with Gasteiger partial charge in [-0.2, -0.15) is 0 Å². The van der Waals surface area contributed by atoms with Gasteiger partial charge in [-0.05, 0) is 18.4 Å². The molecule has 3 atom stereocenters. The van der Waals surface area contributed by atoms with Crippen molar-refractivity contribution in [2.75, 3.05) is 0 Å². The Kier molecular flexibility index (Phi) is 3.46. The number of hydrogen-bond donors (Lipinski definition) is 1.